The summed E-state index contributed by atoms with van der Waals surface area (Å²) in [6.07, 6.45) is 4.12. The molecular weight excluding hydrogens is 138 g/mol. The van der Waals surface area contributed by atoms with Crippen LogP contribution in [0.4, 0.5) is 0 Å². The van der Waals surface area contributed by atoms with Gasteiger partial charge in [0.15, 0.2) is 0 Å². The van der Waals surface area contributed by atoms with Crippen LogP contribution in [0.1, 0.15) is 26.7 Å². The van der Waals surface area contributed by atoms with Crippen molar-refractivity contribution < 1.29 is 4.74 Å². The third kappa shape index (κ3) is 26.1. The molecule has 0 rings (SSSR count). The zero-order chi connectivity index (χ0) is 8.95. The molecular formula is C9H21NO. The average Bonchev–Trinajstić information content (AvgIpc) is 2.04. The van der Waals surface area contributed by atoms with Crippen LogP contribution in [-0.4, -0.2) is 19.8 Å². The van der Waals surface area contributed by atoms with Crippen LogP contribution in [-0.2, 0) is 4.74 Å². The van der Waals surface area contributed by atoms with Gasteiger partial charge in [0.1, 0.15) is 0 Å². The molecule has 0 aromatic carbocycles. The average molecular weight is 159 g/mol. The van der Waals surface area contributed by atoms with Gasteiger partial charge in [0, 0.05) is 6.61 Å². The van der Waals surface area contributed by atoms with Gasteiger partial charge >= 0.3 is 0 Å². The highest BCUT2D eigenvalue weighted by molar-refractivity contribution is 4.62. The minimum Gasteiger partial charge on any atom is -0.378 e. The van der Waals surface area contributed by atoms with Crippen molar-refractivity contribution in [2.75, 3.05) is 19.8 Å². The first-order valence-electron chi connectivity index (χ1n) is 4.22. The lowest BCUT2D eigenvalue weighted by Gasteiger charge is -1.88. The Morgan fingerprint density at radius 3 is 2.18 bits per heavy atom. The van der Waals surface area contributed by atoms with E-state index in [9.17, 15) is 0 Å². The molecule has 0 aromatic rings. The molecule has 0 spiro atoms. The fourth-order valence-corrected chi connectivity index (χ4v) is 0.405. The van der Waals surface area contributed by atoms with Gasteiger partial charge in [-0.25, -0.2) is 0 Å². The van der Waals surface area contributed by atoms with E-state index in [1.807, 2.05) is 6.92 Å². The Morgan fingerprint density at radius 2 is 2.09 bits per heavy atom. The van der Waals surface area contributed by atoms with Crippen molar-refractivity contribution in [3.05, 3.63) is 12.7 Å². The van der Waals surface area contributed by atoms with Crippen LogP contribution in [0.15, 0.2) is 12.7 Å². The van der Waals surface area contributed by atoms with Crippen molar-refractivity contribution in [3.63, 3.8) is 0 Å². The van der Waals surface area contributed by atoms with Gasteiger partial charge in [-0.1, -0.05) is 19.4 Å². The number of hydrogen-bond donors (Lipinski definition) is 1. The van der Waals surface area contributed by atoms with Crippen LogP contribution in [0, 0.1) is 0 Å². The topological polar surface area (TPSA) is 35.2 Å². The van der Waals surface area contributed by atoms with E-state index in [0.717, 1.165) is 13.2 Å². The first-order chi connectivity index (χ1) is 5.33. The maximum absolute atomic E-state index is 5.14. The highest BCUT2D eigenvalue weighted by atomic mass is 16.5. The quantitative estimate of drug-likeness (QED) is 0.491. The normalized spacial score (nSPS) is 8.27. The summed E-state index contributed by atoms with van der Waals surface area (Å²) in [5.41, 5.74) is 5.14. The van der Waals surface area contributed by atoms with E-state index in [0.29, 0.717) is 6.61 Å². The molecule has 0 atom stereocenters. The van der Waals surface area contributed by atoms with Crippen LogP contribution < -0.4 is 5.73 Å². The molecule has 0 heterocycles. The maximum Gasteiger partial charge on any atom is 0.0644 e. The molecule has 0 fully saturated rings. The molecule has 0 unspecified atom stereocenters. The molecule has 11 heavy (non-hydrogen) atoms. The number of unbranched alkanes of at least 4 members (excludes halogenated alkanes) is 1. The lowest BCUT2D eigenvalue weighted by Crippen LogP contribution is -1.95. The van der Waals surface area contributed by atoms with Crippen LogP contribution in [0.25, 0.3) is 0 Å². The van der Waals surface area contributed by atoms with Gasteiger partial charge in [-0.3, -0.25) is 0 Å². The van der Waals surface area contributed by atoms with Gasteiger partial charge in [0.25, 0.3) is 0 Å². The molecule has 0 aliphatic heterocycles. The van der Waals surface area contributed by atoms with E-state index < -0.39 is 0 Å². The third-order valence-corrected chi connectivity index (χ3v) is 0.998. The highest BCUT2D eigenvalue weighted by Crippen LogP contribution is 1.77. The number of rotatable bonds is 5. The van der Waals surface area contributed by atoms with Crippen molar-refractivity contribution in [1.82, 2.24) is 0 Å². The number of hydrogen-bond acceptors (Lipinski definition) is 2. The fourth-order valence-electron chi connectivity index (χ4n) is 0.405. The highest BCUT2D eigenvalue weighted by Gasteiger charge is 1.68. The molecule has 0 bridgehead atoms. The molecule has 2 heteroatoms. The van der Waals surface area contributed by atoms with Crippen LogP contribution in [0.2, 0.25) is 0 Å². The molecule has 68 valence electrons. The van der Waals surface area contributed by atoms with E-state index in [-0.39, 0.29) is 0 Å². The summed E-state index contributed by atoms with van der Waals surface area (Å²) >= 11 is 0. The maximum atomic E-state index is 5.14. The van der Waals surface area contributed by atoms with Gasteiger partial charge in [0.05, 0.1) is 6.61 Å². The zero-order valence-electron chi connectivity index (χ0n) is 7.81. The van der Waals surface area contributed by atoms with E-state index in [1.165, 1.54) is 12.8 Å². The molecule has 0 amide bonds. The Kier molecular flexibility index (Phi) is 19.7. The smallest absolute Gasteiger partial charge is 0.0644 e. The Bertz CT molecular complexity index is 62.6. The lowest BCUT2D eigenvalue weighted by molar-refractivity contribution is 0.178. The van der Waals surface area contributed by atoms with Crippen LogP contribution in [0.3, 0.4) is 0 Å². The lowest BCUT2D eigenvalue weighted by atomic mass is 10.3. The Labute approximate surface area is 70.4 Å². The van der Waals surface area contributed by atoms with Crippen LogP contribution >= 0.6 is 0 Å². The van der Waals surface area contributed by atoms with Gasteiger partial charge in [-0.15, -0.1) is 6.58 Å². The van der Waals surface area contributed by atoms with Crippen molar-refractivity contribution in [2.24, 2.45) is 5.73 Å². The second-order valence-corrected chi connectivity index (χ2v) is 2.09. The van der Waals surface area contributed by atoms with Crippen LogP contribution in [0.5, 0.6) is 0 Å². The summed E-state index contributed by atoms with van der Waals surface area (Å²) in [5.74, 6) is 0. The van der Waals surface area contributed by atoms with Gasteiger partial charge in [0.2, 0.25) is 0 Å². The van der Waals surface area contributed by atoms with E-state index in [2.05, 4.69) is 13.5 Å². The minimum absolute atomic E-state index is 0.677. The zero-order valence-corrected chi connectivity index (χ0v) is 7.81. The summed E-state index contributed by atoms with van der Waals surface area (Å²) < 4.78 is 4.86. The standard InChI is InChI=1S/C5H10O.C4H11N/c1-3-5-6-4-2;1-2-3-4-5/h3H,1,4-5H2,2H3;2-5H2,1H3. The summed E-state index contributed by atoms with van der Waals surface area (Å²) in [7, 11) is 0. The molecule has 2 nitrogen and oxygen atoms in total. The molecule has 0 saturated carbocycles. The Morgan fingerprint density at radius 1 is 1.45 bits per heavy atom. The Balaban J connectivity index is 0. The predicted octanol–water partition coefficient (Wildman–Crippen LogP) is 1.95. The Hall–Kier alpha value is -0.340. The molecule has 0 saturated heterocycles. The number of nitrogens with two attached hydrogens (primary N) is 1. The molecule has 0 aliphatic carbocycles. The second-order valence-electron chi connectivity index (χ2n) is 2.09. The molecule has 2 N–H and O–H groups in total. The van der Waals surface area contributed by atoms with E-state index >= 15 is 0 Å². The summed E-state index contributed by atoms with van der Waals surface area (Å²) in [6, 6.07) is 0. The third-order valence-electron chi connectivity index (χ3n) is 0.998. The second kappa shape index (κ2) is 16.3. The minimum atomic E-state index is 0.677. The van der Waals surface area contributed by atoms with E-state index in [1.54, 1.807) is 6.08 Å². The van der Waals surface area contributed by atoms with Gasteiger partial charge < -0.3 is 10.5 Å². The first kappa shape index (κ1) is 13.3. The van der Waals surface area contributed by atoms with Crippen molar-refractivity contribution in [1.29, 1.82) is 0 Å². The SMILES string of the molecule is C=CCOCC.CCCCN. The summed E-state index contributed by atoms with van der Waals surface area (Å²) in [4.78, 5) is 0. The van der Waals surface area contributed by atoms with E-state index in [4.69, 9.17) is 10.5 Å². The van der Waals surface area contributed by atoms with Crippen molar-refractivity contribution in [3.8, 4) is 0 Å². The molecule has 0 aromatic heterocycles. The summed E-state index contributed by atoms with van der Waals surface area (Å²) in [6.45, 7) is 9.87. The monoisotopic (exact) mass is 159 g/mol. The largest absolute Gasteiger partial charge is 0.378 e. The van der Waals surface area contributed by atoms with Gasteiger partial charge in [-0.05, 0) is 19.9 Å². The number of ether oxygens (including phenoxy) is 1. The molecule has 0 radical (unpaired) electrons. The van der Waals surface area contributed by atoms with Crippen molar-refractivity contribution >= 4 is 0 Å². The fraction of sp³-hybridized carbons (Fsp3) is 0.778. The first-order valence-corrected chi connectivity index (χ1v) is 4.22. The van der Waals surface area contributed by atoms with Crippen molar-refractivity contribution in [2.45, 2.75) is 26.7 Å². The predicted molar refractivity (Wildman–Crippen MR) is 50.7 cm³/mol. The molecule has 0 aliphatic rings. The van der Waals surface area contributed by atoms with Gasteiger partial charge in [-0.2, -0.15) is 0 Å². The summed E-state index contributed by atoms with van der Waals surface area (Å²) in [5, 5.41) is 0.